The van der Waals surface area contributed by atoms with E-state index in [1.165, 1.54) is 0 Å². The molecule has 0 unspecified atom stereocenters. The lowest BCUT2D eigenvalue weighted by Gasteiger charge is -2.33. The fourth-order valence-corrected chi connectivity index (χ4v) is 2.79. The van der Waals surface area contributed by atoms with Gasteiger partial charge in [0.05, 0.1) is 0 Å². The van der Waals surface area contributed by atoms with Gasteiger partial charge in [-0.1, -0.05) is 51.1 Å². The van der Waals surface area contributed by atoms with E-state index < -0.39 is 11.5 Å². The summed E-state index contributed by atoms with van der Waals surface area (Å²) in [6, 6.07) is 11.6. The minimum atomic E-state index is -0.471. The molecule has 1 aliphatic rings. The van der Waals surface area contributed by atoms with Crippen molar-refractivity contribution in [2.24, 2.45) is 5.41 Å². The number of rotatable bonds is 5. The molecule has 0 spiro atoms. The quantitative estimate of drug-likeness (QED) is 0.750. The van der Waals surface area contributed by atoms with Gasteiger partial charge in [0.15, 0.2) is 5.82 Å². The van der Waals surface area contributed by atoms with Crippen molar-refractivity contribution in [3.05, 3.63) is 47.7 Å². The van der Waals surface area contributed by atoms with Crippen LogP contribution in [0.15, 0.2) is 36.4 Å². The average molecular weight is 370 g/mol. The lowest BCUT2D eigenvalue weighted by atomic mass is 9.80. The number of anilines is 1. The van der Waals surface area contributed by atoms with Crippen molar-refractivity contribution in [1.29, 1.82) is 0 Å². The third-order valence-electron chi connectivity index (χ3n) is 4.61. The molecule has 7 heteroatoms. The van der Waals surface area contributed by atoms with Gasteiger partial charge in [-0.05, 0) is 18.4 Å². The zero-order chi connectivity index (χ0) is 19.4. The second-order valence-electron chi connectivity index (χ2n) is 7.95. The minimum Gasteiger partial charge on any atom is -0.446 e. The molecule has 0 aliphatic heterocycles. The van der Waals surface area contributed by atoms with Crippen LogP contribution in [0.2, 0.25) is 0 Å². The molecule has 0 bridgehead atoms. The van der Waals surface area contributed by atoms with Crippen LogP contribution in [-0.2, 0) is 16.1 Å². The lowest BCUT2D eigenvalue weighted by molar-refractivity contribution is -0.123. The molecule has 0 saturated heterocycles. The molecule has 0 radical (unpaired) electrons. The van der Waals surface area contributed by atoms with Gasteiger partial charge >= 0.3 is 6.09 Å². The molecular formula is C20H26N4O3. The Bertz CT molecular complexity index is 789. The zero-order valence-electron chi connectivity index (χ0n) is 15.9. The van der Waals surface area contributed by atoms with Gasteiger partial charge in [-0.25, -0.2) is 4.79 Å². The maximum atomic E-state index is 12.0. The average Bonchev–Trinajstić information content (AvgIpc) is 3.04. The van der Waals surface area contributed by atoms with Crippen LogP contribution >= 0.6 is 0 Å². The van der Waals surface area contributed by atoms with Gasteiger partial charge in [0.25, 0.3) is 0 Å². The Morgan fingerprint density at radius 2 is 1.93 bits per heavy atom. The fourth-order valence-electron chi connectivity index (χ4n) is 2.79. The molecular weight excluding hydrogens is 344 g/mol. The van der Waals surface area contributed by atoms with E-state index in [2.05, 4.69) is 20.8 Å². The Morgan fingerprint density at radius 1 is 1.22 bits per heavy atom. The monoisotopic (exact) mass is 370 g/mol. The van der Waals surface area contributed by atoms with Gasteiger partial charge in [-0.3, -0.25) is 9.89 Å². The molecule has 2 aromatic rings. The molecule has 3 N–H and O–H groups in total. The van der Waals surface area contributed by atoms with E-state index in [0.717, 1.165) is 24.1 Å². The number of nitrogens with one attached hydrogen (secondary N) is 3. The maximum absolute atomic E-state index is 12.0. The predicted octanol–water partition coefficient (Wildman–Crippen LogP) is 3.57. The first-order valence-corrected chi connectivity index (χ1v) is 9.16. The first kappa shape index (κ1) is 18.9. The van der Waals surface area contributed by atoms with Gasteiger partial charge in [0.2, 0.25) is 5.91 Å². The van der Waals surface area contributed by atoms with E-state index in [-0.39, 0.29) is 17.9 Å². The van der Waals surface area contributed by atoms with Gasteiger partial charge in [0.1, 0.15) is 6.10 Å². The molecule has 1 aromatic carbocycles. The number of alkyl carbamates (subject to hydrolysis) is 1. The molecule has 1 fully saturated rings. The second-order valence-corrected chi connectivity index (χ2v) is 7.95. The van der Waals surface area contributed by atoms with Crippen LogP contribution in [0.5, 0.6) is 0 Å². The number of H-pyrrole nitrogens is 1. The summed E-state index contributed by atoms with van der Waals surface area (Å²) >= 11 is 0. The van der Waals surface area contributed by atoms with Crippen molar-refractivity contribution < 1.29 is 14.3 Å². The highest BCUT2D eigenvalue weighted by atomic mass is 16.6. The van der Waals surface area contributed by atoms with Gasteiger partial charge in [-0.15, -0.1) is 0 Å². The molecule has 7 nitrogen and oxygen atoms in total. The van der Waals surface area contributed by atoms with Crippen LogP contribution in [0.1, 0.15) is 50.8 Å². The van der Waals surface area contributed by atoms with Gasteiger partial charge in [0, 0.05) is 29.6 Å². The van der Waals surface area contributed by atoms with Crippen molar-refractivity contribution in [1.82, 2.24) is 15.5 Å². The van der Waals surface area contributed by atoms with Gasteiger partial charge in [-0.2, -0.15) is 5.10 Å². The molecule has 27 heavy (non-hydrogen) atoms. The van der Waals surface area contributed by atoms with E-state index in [4.69, 9.17) is 4.74 Å². The third kappa shape index (κ3) is 5.09. The highest BCUT2D eigenvalue weighted by molar-refractivity contribution is 5.93. The minimum absolute atomic E-state index is 0.0783. The van der Waals surface area contributed by atoms with Crippen LogP contribution < -0.4 is 10.6 Å². The number of aromatic nitrogens is 2. The molecule has 1 saturated carbocycles. The zero-order valence-corrected chi connectivity index (χ0v) is 15.9. The first-order chi connectivity index (χ1) is 12.8. The molecule has 0 atom stereocenters. The largest absolute Gasteiger partial charge is 0.446 e. The number of carbonyl (C=O) groups is 2. The van der Waals surface area contributed by atoms with Crippen LogP contribution in [0, 0.1) is 5.41 Å². The summed E-state index contributed by atoms with van der Waals surface area (Å²) < 4.78 is 5.42. The summed E-state index contributed by atoms with van der Waals surface area (Å²) in [6.45, 7) is 6.01. The molecule has 1 heterocycles. The van der Waals surface area contributed by atoms with E-state index >= 15 is 0 Å². The van der Waals surface area contributed by atoms with Crippen molar-refractivity contribution in [2.75, 3.05) is 5.32 Å². The van der Waals surface area contributed by atoms with E-state index in [1.807, 2.05) is 57.2 Å². The molecule has 3 rings (SSSR count). The van der Waals surface area contributed by atoms with Crippen molar-refractivity contribution in [2.45, 2.75) is 52.2 Å². The normalized spacial score (nSPS) is 19.1. The molecule has 1 aliphatic carbocycles. The number of benzene rings is 1. The Balaban J connectivity index is 1.40. The third-order valence-corrected chi connectivity index (χ3v) is 4.61. The van der Waals surface area contributed by atoms with E-state index in [9.17, 15) is 9.59 Å². The topological polar surface area (TPSA) is 96.1 Å². The molecule has 2 amide bonds. The predicted molar refractivity (Wildman–Crippen MR) is 102 cm³/mol. The van der Waals surface area contributed by atoms with E-state index in [0.29, 0.717) is 12.4 Å². The van der Waals surface area contributed by atoms with Crippen LogP contribution in [0.4, 0.5) is 10.6 Å². The Kier molecular flexibility index (Phi) is 5.48. The standard InChI is InChI=1S/C20H26N4O3/c1-20(2,3)18(25)22-17-11-16(23-24-17)14-9-15(10-14)27-19(26)21-12-13-7-5-4-6-8-13/h4-8,11,14-15H,9-10,12H2,1-3H3,(H,21,26)(H2,22,23,24,25)/t14-,15+. The lowest BCUT2D eigenvalue weighted by Crippen LogP contribution is -2.36. The number of carbonyl (C=O) groups excluding carboxylic acids is 2. The number of hydrogen-bond acceptors (Lipinski definition) is 4. The summed E-state index contributed by atoms with van der Waals surface area (Å²) in [6.07, 6.45) is 0.994. The Labute approximate surface area is 158 Å². The van der Waals surface area contributed by atoms with Crippen molar-refractivity contribution in [3.63, 3.8) is 0 Å². The summed E-state index contributed by atoms with van der Waals surface area (Å²) in [5.74, 6) is 0.699. The van der Waals surface area contributed by atoms with Crippen LogP contribution in [-0.4, -0.2) is 28.3 Å². The maximum Gasteiger partial charge on any atom is 0.407 e. The SMILES string of the molecule is CC(C)(C)C(=O)Nc1cc([C@H]2C[C@@H](OC(=O)NCc3ccccc3)C2)[nH]n1. The Hall–Kier alpha value is -2.83. The number of hydrogen-bond donors (Lipinski definition) is 3. The molecule has 1 aromatic heterocycles. The smallest absolute Gasteiger partial charge is 0.407 e. The summed E-state index contributed by atoms with van der Waals surface area (Å²) in [5.41, 5.74) is 1.51. The van der Waals surface area contributed by atoms with Crippen molar-refractivity contribution in [3.8, 4) is 0 Å². The fraction of sp³-hybridized carbons (Fsp3) is 0.450. The summed E-state index contributed by atoms with van der Waals surface area (Å²) in [5, 5.41) is 12.7. The molecule has 144 valence electrons. The van der Waals surface area contributed by atoms with Crippen molar-refractivity contribution >= 4 is 17.8 Å². The number of nitrogens with zero attached hydrogens (tertiary/aromatic N) is 1. The highest BCUT2D eigenvalue weighted by Crippen LogP contribution is 2.38. The number of aromatic amines is 1. The number of ether oxygens (including phenoxy) is 1. The first-order valence-electron chi connectivity index (χ1n) is 9.16. The van der Waals surface area contributed by atoms with Crippen LogP contribution in [0.3, 0.4) is 0 Å². The summed E-state index contributed by atoms with van der Waals surface area (Å²) in [7, 11) is 0. The Morgan fingerprint density at radius 3 is 2.59 bits per heavy atom. The summed E-state index contributed by atoms with van der Waals surface area (Å²) in [4.78, 5) is 23.9. The van der Waals surface area contributed by atoms with Crippen LogP contribution in [0.25, 0.3) is 0 Å². The van der Waals surface area contributed by atoms with Gasteiger partial charge < -0.3 is 15.4 Å². The number of amides is 2. The highest BCUT2D eigenvalue weighted by Gasteiger charge is 2.34. The second kappa shape index (κ2) is 7.82. The van der Waals surface area contributed by atoms with E-state index in [1.54, 1.807) is 0 Å².